The van der Waals surface area contributed by atoms with Gasteiger partial charge < -0.3 is 24.0 Å². The van der Waals surface area contributed by atoms with Crippen molar-refractivity contribution in [1.29, 1.82) is 10.5 Å². The average Bonchev–Trinajstić information content (AvgIpc) is 3.11. The molecule has 0 amide bonds. The second-order valence-corrected chi connectivity index (χ2v) is 18.0. The molecule has 276 valence electrons. The molecule has 0 bridgehead atoms. The van der Waals surface area contributed by atoms with Gasteiger partial charge in [-0.1, -0.05) is 55.4 Å². The largest absolute Gasteiger partial charge is 0.496 e. The zero-order chi connectivity index (χ0) is 38.1. The highest BCUT2D eigenvalue weighted by molar-refractivity contribution is 5.79. The van der Waals surface area contributed by atoms with Gasteiger partial charge in [0.25, 0.3) is 0 Å². The van der Waals surface area contributed by atoms with Crippen molar-refractivity contribution in [2.24, 2.45) is 0 Å². The fourth-order valence-corrected chi connectivity index (χ4v) is 9.18. The molecule has 0 N–H and O–H groups in total. The fraction of sp³-hybridized carbons (Fsp3) is 0.478. The van der Waals surface area contributed by atoms with Crippen LogP contribution < -0.4 is 19.3 Å². The van der Waals surface area contributed by atoms with Crippen LogP contribution in [0.3, 0.4) is 0 Å². The third-order valence-electron chi connectivity index (χ3n) is 12.6. The van der Waals surface area contributed by atoms with Gasteiger partial charge in [-0.3, -0.25) is 0 Å². The molecule has 0 radical (unpaired) electrons. The first-order chi connectivity index (χ1) is 25.0. The topological polar surface area (TPSA) is 81.7 Å². The minimum absolute atomic E-state index is 0.0213. The molecule has 0 atom stereocenters. The molecule has 2 aromatic carbocycles. The Balaban J connectivity index is 1.30. The lowest BCUT2D eigenvalue weighted by atomic mass is 9.68. The van der Waals surface area contributed by atoms with Crippen molar-refractivity contribution in [3.8, 4) is 23.6 Å². The Morgan fingerprint density at radius 1 is 0.623 bits per heavy atom. The van der Waals surface area contributed by atoms with Crippen molar-refractivity contribution < 1.29 is 14.2 Å². The summed E-state index contributed by atoms with van der Waals surface area (Å²) in [6.45, 7) is 22.8. The molecule has 0 fully saturated rings. The number of benzene rings is 2. The number of nitrogens with zero attached hydrogens (tertiary/aromatic N) is 4. The molecule has 5 heterocycles. The maximum Gasteiger partial charge on any atom is 0.137 e. The highest BCUT2D eigenvalue weighted by atomic mass is 16.5. The molecule has 53 heavy (non-hydrogen) atoms. The van der Waals surface area contributed by atoms with Gasteiger partial charge in [-0.15, -0.1) is 0 Å². The lowest BCUT2D eigenvalue weighted by Crippen LogP contribution is -2.45. The first kappa shape index (κ1) is 36.5. The van der Waals surface area contributed by atoms with Gasteiger partial charge in [-0.05, 0) is 107 Å². The van der Waals surface area contributed by atoms with Crippen LogP contribution in [-0.4, -0.2) is 40.4 Å². The molecule has 2 aromatic rings. The van der Waals surface area contributed by atoms with E-state index in [0.29, 0.717) is 17.1 Å². The Morgan fingerprint density at radius 3 is 1.36 bits per heavy atom. The molecule has 5 aliphatic heterocycles. The maximum atomic E-state index is 9.89. The zero-order valence-electron chi connectivity index (χ0n) is 33.3. The van der Waals surface area contributed by atoms with Gasteiger partial charge in [0.15, 0.2) is 0 Å². The third kappa shape index (κ3) is 6.13. The van der Waals surface area contributed by atoms with Crippen LogP contribution in [-0.2, 0) is 26.4 Å². The van der Waals surface area contributed by atoms with E-state index in [1.165, 1.54) is 33.6 Å². The second kappa shape index (κ2) is 12.9. The molecule has 0 spiro atoms. The van der Waals surface area contributed by atoms with Crippen LogP contribution in [0, 0.1) is 22.7 Å². The summed E-state index contributed by atoms with van der Waals surface area (Å²) >= 11 is 0. The zero-order valence-corrected chi connectivity index (χ0v) is 33.3. The van der Waals surface area contributed by atoms with E-state index in [2.05, 4.69) is 102 Å². The lowest BCUT2D eigenvalue weighted by molar-refractivity contribution is 0.332. The molecule has 7 rings (SSSR count). The first-order valence-electron chi connectivity index (χ1n) is 19.1. The number of nitriles is 2. The van der Waals surface area contributed by atoms with Crippen molar-refractivity contribution in [3.63, 3.8) is 0 Å². The predicted octanol–water partition coefficient (Wildman–Crippen LogP) is 9.91. The average molecular weight is 711 g/mol. The van der Waals surface area contributed by atoms with Crippen LogP contribution in [0.1, 0.15) is 114 Å². The summed E-state index contributed by atoms with van der Waals surface area (Å²) in [5, 5.41) is 19.8. The van der Waals surface area contributed by atoms with Crippen LogP contribution >= 0.6 is 0 Å². The van der Waals surface area contributed by atoms with Crippen LogP contribution in [0.15, 0.2) is 59.1 Å². The summed E-state index contributed by atoms with van der Waals surface area (Å²) in [6, 6.07) is 8.73. The van der Waals surface area contributed by atoms with E-state index in [-0.39, 0.29) is 27.2 Å². The molecule has 0 saturated carbocycles. The number of hydrogen-bond acceptors (Lipinski definition) is 7. The molecular weight excluding hydrogens is 657 g/mol. The van der Waals surface area contributed by atoms with Gasteiger partial charge in [0.2, 0.25) is 0 Å². The Kier molecular flexibility index (Phi) is 8.88. The predicted molar refractivity (Wildman–Crippen MR) is 215 cm³/mol. The van der Waals surface area contributed by atoms with Gasteiger partial charge in [0.1, 0.15) is 40.7 Å². The number of allylic oxidation sites excluding steroid dienone is 6. The van der Waals surface area contributed by atoms with Gasteiger partial charge in [-0.2, -0.15) is 10.5 Å². The van der Waals surface area contributed by atoms with E-state index in [1.807, 2.05) is 12.2 Å². The van der Waals surface area contributed by atoms with E-state index in [9.17, 15) is 10.5 Å². The summed E-state index contributed by atoms with van der Waals surface area (Å²) in [5.74, 6) is 2.84. The smallest absolute Gasteiger partial charge is 0.137 e. The highest BCUT2D eigenvalue weighted by Gasteiger charge is 2.44. The normalized spacial score (nSPS) is 21.5. The molecule has 0 aliphatic carbocycles. The quantitative estimate of drug-likeness (QED) is 0.276. The van der Waals surface area contributed by atoms with Crippen LogP contribution in [0.25, 0.3) is 12.2 Å². The molecule has 0 saturated heterocycles. The van der Waals surface area contributed by atoms with Gasteiger partial charge >= 0.3 is 0 Å². The van der Waals surface area contributed by atoms with Gasteiger partial charge in [-0.25, -0.2) is 0 Å². The Morgan fingerprint density at radius 2 is 1.00 bits per heavy atom. The number of methoxy groups -OCH3 is 2. The van der Waals surface area contributed by atoms with Gasteiger partial charge in [0.05, 0.1) is 14.2 Å². The molecule has 0 aromatic heterocycles. The number of rotatable bonds is 6. The monoisotopic (exact) mass is 710 g/mol. The summed E-state index contributed by atoms with van der Waals surface area (Å²) in [7, 11) is 3.52. The minimum Gasteiger partial charge on any atom is -0.496 e. The maximum absolute atomic E-state index is 9.89. The summed E-state index contributed by atoms with van der Waals surface area (Å²) < 4.78 is 18.9. The molecule has 7 nitrogen and oxygen atoms in total. The standard InChI is InChI=1S/C46H54N4O3/c1-43(2)15-19-49-21-17-45(5,6)37-39(49)35(43)25-29(41(37)51-9)11-13-33-23-31(32(27-47)28-48)24-34(53-33)14-12-30-26-36-40-38(42(30)52-10)46(7,8)18-22-50(40)20-16-44(36,3)4/h11-14,23-26H,15-22H2,1-10H3/b13-11+,14-12+. The Bertz CT molecular complexity index is 1970. The molecule has 0 unspecified atom stereocenters. The molecular formula is C46H54N4O3. The van der Waals surface area contributed by atoms with Crippen molar-refractivity contribution >= 4 is 23.5 Å². The summed E-state index contributed by atoms with van der Waals surface area (Å²) in [4.78, 5) is 5.08. The van der Waals surface area contributed by atoms with E-state index in [1.54, 1.807) is 26.4 Å². The molecule has 5 aliphatic rings. The first-order valence-corrected chi connectivity index (χ1v) is 19.1. The van der Waals surface area contributed by atoms with E-state index in [0.717, 1.165) is 74.5 Å². The second-order valence-electron chi connectivity index (χ2n) is 18.0. The SMILES string of the molecule is COc1c(/C=C/C2=CC(=C(C#N)C#N)C=C(/C=C/c3cc4c5c(c3OC)C(C)(C)CCN5CCC4(C)C)O2)cc2c3c1C(C)(C)CCN3CCC2(C)C. The Labute approximate surface area is 316 Å². The van der Waals surface area contributed by atoms with E-state index >= 15 is 0 Å². The Hall–Kier alpha value is -4.88. The van der Waals surface area contributed by atoms with Crippen molar-refractivity contribution in [1.82, 2.24) is 0 Å². The fourth-order valence-electron chi connectivity index (χ4n) is 9.18. The number of hydrogen-bond donors (Lipinski definition) is 0. The minimum atomic E-state index is -0.0478. The summed E-state index contributed by atoms with van der Waals surface area (Å²) in [6.07, 6.45) is 15.8. The third-order valence-corrected chi connectivity index (χ3v) is 12.6. The van der Waals surface area contributed by atoms with E-state index in [4.69, 9.17) is 14.2 Å². The highest BCUT2D eigenvalue weighted by Crippen LogP contribution is 2.55. The van der Waals surface area contributed by atoms with Crippen LogP contribution in [0.5, 0.6) is 11.5 Å². The number of ether oxygens (including phenoxy) is 3. The van der Waals surface area contributed by atoms with Crippen molar-refractivity contribution in [2.75, 3.05) is 50.2 Å². The van der Waals surface area contributed by atoms with Crippen molar-refractivity contribution in [2.45, 2.75) is 103 Å². The lowest BCUT2D eigenvalue weighted by Gasteiger charge is -2.48. The number of anilines is 2. The van der Waals surface area contributed by atoms with Crippen molar-refractivity contribution in [3.05, 3.63) is 92.5 Å². The van der Waals surface area contributed by atoms with Crippen LogP contribution in [0.4, 0.5) is 11.4 Å². The van der Waals surface area contributed by atoms with Gasteiger partial charge in [0, 0.05) is 65.4 Å². The van der Waals surface area contributed by atoms with Crippen LogP contribution in [0.2, 0.25) is 0 Å². The summed E-state index contributed by atoms with van der Waals surface area (Å²) in [5.41, 5.74) is 10.4. The van der Waals surface area contributed by atoms with E-state index < -0.39 is 0 Å². The molecule has 7 heteroatoms.